The Morgan fingerprint density at radius 1 is 1.28 bits per heavy atom. The lowest BCUT2D eigenvalue weighted by Crippen LogP contribution is -2.39. The van der Waals surface area contributed by atoms with E-state index in [1.165, 1.54) is 25.3 Å². The molecular formula is C16H24FN. The first-order valence-corrected chi connectivity index (χ1v) is 7.13. The van der Waals surface area contributed by atoms with Crippen LogP contribution in [0.25, 0.3) is 0 Å². The van der Waals surface area contributed by atoms with E-state index in [0.717, 1.165) is 30.4 Å². The van der Waals surface area contributed by atoms with Gasteiger partial charge in [0.1, 0.15) is 5.82 Å². The monoisotopic (exact) mass is 249 g/mol. The molecule has 100 valence electrons. The number of nitrogens with one attached hydrogen (secondary N) is 1. The molecule has 0 heterocycles. The van der Waals surface area contributed by atoms with Crippen LogP contribution in [-0.4, -0.2) is 12.6 Å². The first kappa shape index (κ1) is 13.5. The fourth-order valence-corrected chi connectivity index (χ4v) is 3.06. The van der Waals surface area contributed by atoms with E-state index in [0.29, 0.717) is 6.04 Å². The van der Waals surface area contributed by atoms with Crippen molar-refractivity contribution in [2.45, 2.75) is 45.6 Å². The highest BCUT2D eigenvalue weighted by atomic mass is 19.1. The normalized spacial score (nSPS) is 28.3. The molecule has 2 heteroatoms. The Bertz CT molecular complexity index is 377. The van der Waals surface area contributed by atoms with Gasteiger partial charge in [0.25, 0.3) is 0 Å². The Morgan fingerprint density at radius 2 is 2.11 bits per heavy atom. The standard InChI is InChI=1S/C16H24FN/c1-12-6-7-16(13(2)10-12)18-9-8-14-4-3-5-15(17)11-14/h3-5,11-13,16,18H,6-10H2,1-2H3. The summed E-state index contributed by atoms with van der Waals surface area (Å²) in [4.78, 5) is 0. The van der Waals surface area contributed by atoms with Gasteiger partial charge in [0.05, 0.1) is 0 Å². The second-order valence-corrected chi connectivity index (χ2v) is 5.84. The van der Waals surface area contributed by atoms with Crippen molar-refractivity contribution in [2.75, 3.05) is 6.54 Å². The maximum Gasteiger partial charge on any atom is 0.123 e. The lowest BCUT2D eigenvalue weighted by atomic mass is 9.80. The van der Waals surface area contributed by atoms with Crippen LogP contribution in [0.5, 0.6) is 0 Å². The lowest BCUT2D eigenvalue weighted by Gasteiger charge is -2.33. The third-order valence-corrected chi connectivity index (χ3v) is 4.14. The summed E-state index contributed by atoms with van der Waals surface area (Å²) in [5.74, 6) is 1.51. The summed E-state index contributed by atoms with van der Waals surface area (Å²) in [7, 11) is 0. The van der Waals surface area contributed by atoms with E-state index >= 15 is 0 Å². The maximum atomic E-state index is 13.0. The van der Waals surface area contributed by atoms with Crippen molar-refractivity contribution in [2.24, 2.45) is 11.8 Å². The SMILES string of the molecule is CC1CCC(NCCc2cccc(F)c2)C(C)C1. The van der Waals surface area contributed by atoms with Crippen LogP contribution in [0.4, 0.5) is 4.39 Å². The van der Waals surface area contributed by atoms with E-state index in [4.69, 9.17) is 0 Å². The molecule has 0 bridgehead atoms. The third kappa shape index (κ3) is 3.81. The second kappa shape index (κ2) is 6.33. The van der Waals surface area contributed by atoms with Gasteiger partial charge in [-0.1, -0.05) is 26.0 Å². The highest BCUT2D eigenvalue weighted by molar-refractivity contribution is 5.16. The minimum Gasteiger partial charge on any atom is -0.313 e. The molecule has 3 unspecified atom stereocenters. The molecule has 3 atom stereocenters. The molecule has 1 aliphatic rings. The lowest BCUT2D eigenvalue weighted by molar-refractivity contribution is 0.229. The number of benzene rings is 1. The molecule has 1 aliphatic carbocycles. The average Bonchev–Trinajstić information content (AvgIpc) is 2.32. The minimum atomic E-state index is -0.132. The van der Waals surface area contributed by atoms with Crippen molar-refractivity contribution in [3.05, 3.63) is 35.6 Å². The molecule has 1 N–H and O–H groups in total. The quantitative estimate of drug-likeness (QED) is 0.856. The van der Waals surface area contributed by atoms with Gasteiger partial charge in [-0.25, -0.2) is 4.39 Å². The molecule has 1 aromatic carbocycles. The summed E-state index contributed by atoms with van der Waals surface area (Å²) < 4.78 is 13.0. The summed E-state index contributed by atoms with van der Waals surface area (Å²) in [5.41, 5.74) is 1.08. The van der Waals surface area contributed by atoms with Crippen molar-refractivity contribution >= 4 is 0 Å². The zero-order chi connectivity index (χ0) is 13.0. The van der Waals surface area contributed by atoms with Gasteiger partial charge in [0, 0.05) is 6.04 Å². The number of halogens is 1. The van der Waals surface area contributed by atoms with Crippen molar-refractivity contribution in [1.29, 1.82) is 0 Å². The van der Waals surface area contributed by atoms with Crippen molar-refractivity contribution in [1.82, 2.24) is 5.32 Å². The molecule has 18 heavy (non-hydrogen) atoms. The predicted octanol–water partition coefficient (Wildman–Crippen LogP) is 3.78. The Kier molecular flexibility index (Phi) is 4.76. The Balaban J connectivity index is 1.75. The third-order valence-electron chi connectivity index (χ3n) is 4.14. The van der Waals surface area contributed by atoms with Crippen LogP contribution in [-0.2, 0) is 6.42 Å². The van der Waals surface area contributed by atoms with Crippen LogP contribution in [0.2, 0.25) is 0 Å². The van der Waals surface area contributed by atoms with Crippen LogP contribution in [0.1, 0.15) is 38.7 Å². The Hall–Kier alpha value is -0.890. The van der Waals surface area contributed by atoms with Crippen LogP contribution in [0.3, 0.4) is 0 Å². The zero-order valence-electron chi connectivity index (χ0n) is 11.5. The first-order valence-electron chi connectivity index (χ1n) is 7.13. The highest BCUT2D eigenvalue weighted by Crippen LogP contribution is 2.28. The molecule has 0 aliphatic heterocycles. The minimum absolute atomic E-state index is 0.132. The summed E-state index contributed by atoms with van der Waals surface area (Å²) in [6, 6.07) is 7.57. The highest BCUT2D eigenvalue weighted by Gasteiger charge is 2.24. The van der Waals surface area contributed by atoms with Crippen LogP contribution >= 0.6 is 0 Å². The van der Waals surface area contributed by atoms with Crippen molar-refractivity contribution in [3.8, 4) is 0 Å². The zero-order valence-corrected chi connectivity index (χ0v) is 11.5. The molecular weight excluding hydrogens is 225 g/mol. The Morgan fingerprint density at radius 3 is 2.83 bits per heavy atom. The van der Waals surface area contributed by atoms with Crippen LogP contribution in [0, 0.1) is 17.7 Å². The Labute approximate surface area is 110 Å². The second-order valence-electron chi connectivity index (χ2n) is 5.84. The molecule has 1 fully saturated rings. The largest absolute Gasteiger partial charge is 0.313 e. The van der Waals surface area contributed by atoms with Gasteiger partial charge >= 0.3 is 0 Å². The van der Waals surface area contributed by atoms with Gasteiger partial charge in [-0.05, 0) is 61.8 Å². The smallest absolute Gasteiger partial charge is 0.123 e. The van der Waals surface area contributed by atoms with Gasteiger partial charge in [-0.2, -0.15) is 0 Å². The van der Waals surface area contributed by atoms with E-state index < -0.39 is 0 Å². The van der Waals surface area contributed by atoms with Gasteiger partial charge in [-0.3, -0.25) is 0 Å². The molecule has 0 aromatic heterocycles. The molecule has 1 nitrogen and oxygen atoms in total. The molecule has 1 saturated carbocycles. The maximum absolute atomic E-state index is 13.0. The van der Waals surface area contributed by atoms with Crippen LogP contribution in [0.15, 0.2) is 24.3 Å². The fourth-order valence-electron chi connectivity index (χ4n) is 3.06. The van der Waals surface area contributed by atoms with Gasteiger partial charge in [0.15, 0.2) is 0 Å². The van der Waals surface area contributed by atoms with E-state index in [-0.39, 0.29) is 5.82 Å². The molecule has 0 spiro atoms. The molecule has 2 rings (SSSR count). The molecule has 0 saturated heterocycles. The summed E-state index contributed by atoms with van der Waals surface area (Å²) in [5, 5.41) is 3.64. The van der Waals surface area contributed by atoms with Crippen molar-refractivity contribution < 1.29 is 4.39 Å². The van der Waals surface area contributed by atoms with E-state index in [1.54, 1.807) is 12.1 Å². The molecule has 0 radical (unpaired) electrons. The van der Waals surface area contributed by atoms with E-state index in [1.807, 2.05) is 6.07 Å². The number of hydrogen-bond donors (Lipinski definition) is 1. The van der Waals surface area contributed by atoms with Gasteiger partial charge < -0.3 is 5.32 Å². The van der Waals surface area contributed by atoms with E-state index in [2.05, 4.69) is 19.2 Å². The number of hydrogen-bond acceptors (Lipinski definition) is 1. The fraction of sp³-hybridized carbons (Fsp3) is 0.625. The summed E-state index contributed by atoms with van der Waals surface area (Å²) in [6.45, 7) is 5.64. The van der Waals surface area contributed by atoms with Crippen LogP contribution < -0.4 is 5.32 Å². The summed E-state index contributed by atoms with van der Waals surface area (Å²) >= 11 is 0. The van der Waals surface area contributed by atoms with Crippen molar-refractivity contribution in [3.63, 3.8) is 0 Å². The average molecular weight is 249 g/mol. The molecule has 1 aromatic rings. The van der Waals surface area contributed by atoms with Gasteiger partial charge in [0.2, 0.25) is 0 Å². The first-order chi connectivity index (χ1) is 8.65. The predicted molar refractivity (Wildman–Crippen MR) is 74.1 cm³/mol. The van der Waals surface area contributed by atoms with Gasteiger partial charge in [-0.15, -0.1) is 0 Å². The number of rotatable bonds is 4. The van der Waals surface area contributed by atoms with E-state index in [9.17, 15) is 4.39 Å². The molecule has 0 amide bonds. The topological polar surface area (TPSA) is 12.0 Å². The summed E-state index contributed by atoms with van der Waals surface area (Å²) in [6.07, 6.45) is 4.86.